The second-order valence-corrected chi connectivity index (χ2v) is 5.37. The van der Waals surface area contributed by atoms with E-state index in [4.69, 9.17) is 5.73 Å². The van der Waals surface area contributed by atoms with E-state index in [0.29, 0.717) is 12.8 Å². The van der Waals surface area contributed by atoms with E-state index in [2.05, 4.69) is 4.74 Å². The van der Waals surface area contributed by atoms with Crippen LogP contribution in [-0.4, -0.2) is 19.1 Å². The van der Waals surface area contributed by atoms with Crippen LogP contribution in [0.5, 0.6) is 0 Å². The molecule has 0 aromatic heterocycles. The second-order valence-electron chi connectivity index (χ2n) is 5.37. The molecular formula is C16H22F3NO2. The van der Waals surface area contributed by atoms with Gasteiger partial charge in [0.15, 0.2) is 0 Å². The SMILES string of the molecule is CCC(CCc1ccc(C(F)(F)F)cc1)CC(N)C(=O)OC. The molecule has 0 amide bonds. The van der Waals surface area contributed by atoms with Crippen LogP contribution in [0, 0.1) is 5.92 Å². The standard InChI is InChI=1S/C16H22F3NO2/c1-3-11(10-14(20)15(21)22-2)4-5-12-6-8-13(9-7-12)16(17,18)19/h6-9,11,14H,3-5,10,20H2,1-2H3. The topological polar surface area (TPSA) is 52.3 Å². The van der Waals surface area contributed by atoms with Gasteiger partial charge in [-0.25, -0.2) is 0 Å². The van der Waals surface area contributed by atoms with Gasteiger partial charge >= 0.3 is 12.1 Å². The molecule has 0 fully saturated rings. The minimum Gasteiger partial charge on any atom is -0.468 e. The molecule has 124 valence electrons. The number of alkyl halides is 3. The number of carbonyl (C=O) groups is 1. The molecule has 2 unspecified atom stereocenters. The average molecular weight is 317 g/mol. The highest BCUT2D eigenvalue weighted by Crippen LogP contribution is 2.29. The minimum atomic E-state index is -4.31. The van der Waals surface area contributed by atoms with Crippen LogP contribution in [0.25, 0.3) is 0 Å². The van der Waals surface area contributed by atoms with Crippen LogP contribution in [0.4, 0.5) is 13.2 Å². The van der Waals surface area contributed by atoms with Crippen molar-refractivity contribution in [3.63, 3.8) is 0 Å². The number of hydrogen-bond acceptors (Lipinski definition) is 3. The molecule has 6 heteroatoms. The summed E-state index contributed by atoms with van der Waals surface area (Å²) in [5, 5.41) is 0. The van der Waals surface area contributed by atoms with E-state index in [1.807, 2.05) is 6.92 Å². The van der Waals surface area contributed by atoms with Crippen LogP contribution in [0.15, 0.2) is 24.3 Å². The summed E-state index contributed by atoms with van der Waals surface area (Å²) in [7, 11) is 1.30. The lowest BCUT2D eigenvalue weighted by atomic mass is 9.91. The first-order chi connectivity index (χ1) is 10.3. The number of aryl methyl sites for hydroxylation is 1. The van der Waals surface area contributed by atoms with Gasteiger partial charge in [-0.05, 0) is 42.9 Å². The smallest absolute Gasteiger partial charge is 0.416 e. The largest absolute Gasteiger partial charge is 0.468 e. The first kappa shape index (κ1) is 18.5. The number of ether oxygens (including phenoxy) is 1. The Morgan fingerprint density at radius 1 is 1.27 bits per heavy atom. The summed E-state index contributed by atoms with van der Waals surface area (Å²) in [6.45, 7) is 2.00. The van der Waals surface area contributed by atoms with Crippen molar-refractivity contribution in [2.45, 2.75) is 44.8 Å². The van der Waals surface area contributed by atoms with Crippen molar-refractivity contribution in [1.29, 1.82) is 0 Å². The first-order valence-electron chi connectivity index (χ1n) is 7.27. The maximum absolute atomic E-state index is 12.5. The van der Waals surface area contributed by atoms with Crippen molar-refractivity contribution >= 4 is 5.97 Å². The second kappa shape index (κ2) is 8.17. The number of hydrogen-bond donors (Lipinski definition) is 1. The van der Waals surface area contributed by atoms with Gasteiger partial charge in [0.1, 0.15) is 6.04 Å². The zero-order chi connectivity index (χ0) is 16.8. The van der Waals surface area contributed by atoms with E-state index in [1.54, 1.807) is 0 Å². The fourth-order valence-corrected chi connectivity index (χ4v) is 2.33. The third kappa shape index (κ3) is 5.67. The maximum Gasteiger partial charge on any atom is 0.416 e. The maximum atomic E-state index is 12.5. The summed E-state index contributed by atoms with van der Waals surface area (Å²) in [5.74, 6) is -0.204. The molecular weight excluding hydrogens is 295 g/mol. The predicted molar refractivity (Wildman–Crippen MR) is 78.2 cm³/mol. The van der Waals surface area contributed by atoms with E-state index >= 15 is 0 Å². The molecule has 0 saturated heterocycles. The quantitative estimate of drug-likeness (QED) is 0.782. The highest BCUT2D eigenvalue weighted by Gasteiger charge is 2.29. The number of halogens is 3. The van der Waals surface area contributed by atoms with Crippen molar-refractivity contribution in [1.82, 2.24) is 0 Å². The summed E-state index contributed by atoms with van der Waals surface area (Å²) in [5.41, 5.74) is 5.94. The van der Waals surface area contributed by atoms with E-state index in [1.165, 1.54) is 19.2 Å². The number of benzene rings is 1. The summed E-state index contributed by atoms with van der Waals surface area (Å²) >= 11 is 0. The van der Waals surface area contributed by atoms with Crippen molar-refractivity contribution < 1.29 is 22.7 Å². The van der Waals surface area contributed by atoms with Crippen LogP contribution in [0.2, 0.25) is 0 Å². The molecule has 0 bridgehead atoms. The van der Waals surface area contributed by atoms with Crippen molar-refractivity contribution in [3.8, 4) is 0 Å². The van der Waals surface area contributed by atoms with Crippen LogP contribution >= 0.6 is 0 Å². The summed E-state index contributed by atoms with van der Waals surface area (Å²) in [6, 6.07) is 4.53. The lowest BCUT2D eigenvalue weighted by molar-refractivity contribution is -0.142. The Bertz CT molecular complexity index is 471. The highest BCUT2D eigenvalue weighted by atomic mass is 19.4. The Morgan fingerprint density at radius 3 is 2.32 bits per heavy atom. The molecule has 1 aromatic rings. The average Bonchev–Trinajstić information content (AvgIpc) is 2.49. The molecule has 0 aliphatic rings. The number of carbonyl (C=O) groups excluding carboxylic acids is 1. The Kier molecular flexibility index (Phi) is 6.87. The minimum absolute atomic E-state index is 0.233. The number of esters is 1. The fraction of sp³-hybridized carbons (Fsp3) is 0.562. The van der Waals surface area contributed by atoms with Gasteiger partial charge in [-0.2, -0.15) is 13.2 Å². The molecule has 0 radical (unpaired) electrons. The van der Waals surface area contributed by atoms with Crippen LogP contribution in [-0.2, 0) is 22.1 Å². The first-order valence-corrected chi connectivity index (χ1v) is 7.27. The zero-order valence-electron chi connectivity index (χ0n) is 12.8. The van der Waals surface area contributed by atoms with Gasteiger partial charge in [-0.3, -0.25) is 4.79 Å². The predicted octanol–water partition coefficient (Wildman–Crippen LogP) is 3.55. The van der Waals surface area contributed by atoms with Crippen molar-refractivity contribution in [2.24, 2.45) is 11.7 Å². The molecule has 22 heavy (non-hydrogen) atoms. The molecule has 0 aliphatic carbocycles. The zero-order valence-corrected chi connectivity index (χ0v) is 12.8. The number of methoxy groups -OCH3 is 1. The van der Waals surface area contributed by atoms with Gasteiger partial charge in [0.2, 0.25) is 0 Å². The Balaban J connectivity index is 2.54. The third-order valence-electron chi connectivity index (χ3n) is 3.79. The molecule has 2 N–H and O–H groups in total. The van der Waals surface area contributed by atoms with Gasteiger partial charge in [0.05, 0.1) is 12.7 Å². The number of rotatable bonds is 7. The molecule has 1 rings (SSSR count). The van der Waals surface area contributed by atoms with E-state index in [9.17, 15) is 18.0 Å². The van der Waals surface area contributed by atoms with Gasteiger partial charge in [0, 0.05) is 0 Å². The summed E-state index contributed by atoms with van der Waals surface area (Å²) in [6.07, 6.45) is -1.51. The van der Waals surface area contributed by atoms with Crippen LogP contribution in [0.1, 0.15) is 37.3 Å². The Labute approximate surface area is 128 Å². The third-order valence-corrected chi connectivity index (χ3v) is 3.79. The normalized spacial score (nSPS) is 14.5. The van der Waals surface area contributed by atoms with E-state index in [0.717, 1.165) is 30.5 Å². The highest BCUT2D eigenvalue weighted by molar-refractivity contribution is 5.75. The van der Waals surface area contributed by atoms with Crippen molar-refractivity contribution in [3.05, 3.63) is 35.4 Å². The number of nitrogens with two attached hydrogens (primary N) is 1. The summed E-state index contributed by atoms with van der Waals surface area (Å²) in [4.78, 5) is 11.3. The van der Waals surface area contributed by atoms with Gasteiger partial charge in [-0.15, -0.1) is 0 Å². The molecule has 0 aliphatic heterocycles. The fourth-order valence-electron chi connectivity index (χ4n) is 2.33. The molecule has 0 spiro atoms. The molecule has 2 atom stereocenters. The Morgan fingerprint density at radius 2 is 1.86 bits per heavy atom. The monoisotopic (exact) mass is 317 g/mol. The van der Waals surface area contributed by atoms with Gasteiger partial charge in [0.25, 0.3) is 0 Å². The molecule has 0 heterocycles. The lowest BCUT2D eigenvalue weighted by Crippen LogP contribution is -2.33. The van der Waals surface area contributed by atoms with Gasteiger partial charge in [-0.1, -0.05) is 25.5 Å². The van der Waals surface area contributed by atoms with E-state index < -0.39 is 23.8 Å². The lowest BCUT2D eigenvalue weighted by Gasteiger charge is -2.18. The molecule has 3 nitrogen and oxygen atoms in total. The van der Waals surface area contributed by atoms with Crippen molar-refractivity contribution in [2.75, 3.05) is 7.11 Å². The Hall–Kier alpha value is -1.56. The molecule has 1 aromatic carbocycles. The van der Waals surface area contributed by atoms with Gasteiger partial charge < -0.3 is 10.5 Å². The van der Waals surface area contributed by atoms with Crippen LogP contribution < -0.4 is 5.73 Å². The summed E-state index contributed by atoms with van der Waals surface area (Å²) < 4.78 is 42.0. The molecule has 0 saturated carbocycles. The van der Waals surface area contributed by atoms with Crippen LogP contribution in [0.3, 0.4) is 0 Å². The van der Waals surface area contributed by atoms with E-state index in [-0.39, 0.29) is 5.92 Å².